The lowest BCUT2D eigenvalue weighted by Crippen LogP contribution is -2.36. The maximum Gasteiger partial charge on any atom is 0.238 e. The SMILES string of the molecule is CCc1ccc(NC(=O)CN(C)CC(=O)Nc2cccc(C)c2C)cc1. The maximum atomic E-state index is 12.2. The highest BCUT2D eigenvalue weighted by Gasteiger charge is 2.12. The van der Waals surface area contributed by atoms with Gasteiger partial charge >= 0.3 is 0 Å². The van der Waals surface area contributed by atoms with Gasteiger partial charge in [0.15, 0.2) is 0 Å². The summed E-state index contributed by atoms with van der Waals surface area (Å²) in [4.78, 5) is 26.0. The molecule has 0 fully saturated rings. The Kier molecular flexibility index (Phi) is 6.92. The van der Waals surface area contributed by atoms with Crippen molar-refractivity contribution in [2.75, 3.05) is 30.8 Å². The number of nitrogens with one attached hydrogen (secondary N) is 2. The molecule has 0 aliphatic rings. The molecule has 138 valence electrons. The highest BCUT2D eigenvalue weighted by molar-refractivity contribution is 5.95. The predicted molar refractivity (Wildman–Crippen MR) is 106 cm³/mol. The number of rotatable bonds is 7. The first kappa shape index (κ1) is 19.7. The van der Waals surface area contributed by atoms with E-state index in [9.17, 15) is 9.59 Å². The number of hydrogen-bond acceptors (Lipinski definition) is 3. The summed E-state index contributed by atoms with van der Waals surface area (Å²) in [5, 5.41) is 5.76. The van der Waals surface area contributed by atoms with Crippen LogP contribution in [0.25, 0.3) is 0 Å². The number of aryl methyl sites for hydroxylation is 2. The van der Waals surface area contributed by atoms with Crippen LogP contribution >= 0.6 is 0 Å². The van der Waals surface area contributed by atoms with E-state index in [1.165, 1.54) is 5.56 Å². The quantitative estimate of drug-likeness (QED) is 0.802. The fourth-order valence-corrected chi connectivity index (χ4v) is 2.65. The summed E-state index contributed by atoms with van der Waals surface area (Å²) < 4.78 is 0. The lowest BCUT2D eigenvalue weighted by Gasteiger charge is -2.17. The van der Waals surface area contributed by atoms with Gasteiger partial charge in [-0.3, -0.25) is 14.5 Å². The molecule has 0 saturated carbocycles. The van der Waals surface area contributed by atoms with Crippen molar-refractivity contribution in [2.45, 2.75) is 27.2 Å². The van der Waals surface area contributed by atoms with Gasteiger partial charge in [0, 0.05) is 11.4 Å². The third kappa shape index (κ3) is 5.70. The summed E-state index contributed by atoms with van der Waals surface area (Å²) in [6.07, 6.45) is 0.965. The van der Waals surface area contributed by atoms with E-state index in [0.29, 0.717) is 0 Å². The van der Waals surface area contributed by atoms with Crippen molar-refractivity contribution in [1.29, 1.82) is 0 Å². The number of carbonyl (C=O) groups excluding carboxylic acids is 2. The highest BCUT2D eigenvalue weighted by atomic mass is 16.2. The fraction of sp³-hybridized carbons (Fsp3) is 0.333. The van der Waals surface area contributed by atoms with Crippen LogP contribution in [0.1, 0.15) is 23.6 Å². The second-order valence-corrected chi connectivity index (χ2v) is 6.57. The van der Waals surface area contributed by atoms with Crippen molar-refractivity contribution in [3.8, 4) is 0 Å². The van der Waals surface area contributed by atoms with Gasteiger partial charge in [0.1, 0.15) is 0 Å². The zero-order valence-electron chi connectivity index (χ0n) is 15.9. The van der Waals surface area contributed by atoms with Crippen LogP contribution in [0.3, 0.4) is 0 Å². The molecule has 2 aromatic carbocycles. The summed E-state index contributed by atoms with van der Waals surface area (Å²) in [6, 6.07) is 13.6. The molecule has 0 aromatic heterocycles. The lowest BCUT2D eigenvalue weighted by molar-refractivity contribution is -0.119. The van der Waals surface area contributed by atoms with Crippen molar-refractivity contribution in [1.82, 2.24) is 4.90 Å². The molecule has 5 nitrogen and oxygen atoms in total. The van der Waals surface area contributed by atoms with Gasteiger partial charge in [-0.25, -0.2) is 0 Å². The molecular weight excluding hydrogens is 326 g/mol. The molecule has 2 rings (SSSR count). The first-order valence-corrected chi connectivity index (χ1v) is 8.82. The number of likely N-dealkylation sites (N-methyl/N-ethyl adjacent to an activating group) is 1. The Morgan fingerprint density at radius 1 is 0.923 bits per heavy atom. The molecule has 2 aromatic rings. The summed E-state index contributed by atoms with van der Waals surface area (Å²) in [5.41, 5.74) is 4.98. The van der Waals surface area contributed by atoms with Crippen LogP contribution in [-0.4, -0.2) is 36.9 Å². The third-order valence-corrected chi connectivity index (χ3v) is 4.35. The summed E-state index contributed by atoms with van der Waals surface area (Å²) in [5.74, 6) is -0.280. The first-order chi connectivity index (χ1) is 12.4. The smallest absolute Gasteiger partial charge is 0.238 e. The molecule has 5 heteroatoms. The largest absolute Gasteiger partial charge is 0.325 e. The van der Waals surface area contributed by atoms with Gasteiger partial charge in [-0.15, -0.1) is 0 Å². The Morgan fingerprint density at radius 2 is 1.54 bits per heavy atom. The average molecular weight is 353 g/mol. The molecule has 0 aliphatic heterocycles. The van der Waals surface area contributed by atoms with Crippen LogP contribution in [0.2, 0.25) is 0 Å². The zero-order valence-corrected chi connectivity index (χ0v) is 15.9. The van der Waals surface area contributed by atoms with Gasteiger partial charge < -0.3 is 10.6 Å². The van der Waals surface area contributed by atoms with E-state index < -0.39 is 0 Å². The van der Waals surface area contributed by atoms with Gasteiger partial charge in [-0.2, -0.15) is 0 Å². The Balaban J connectivity index is 1.82. The number of carbonyl (C=O) groups is 2. The summed E-state index contributed by atoms with van der Waals surface area (Å²) in [7, 11) is 1.75. The Labute approximate surface area is 155 Å². The van der Waals surface area contributed by atoms with Gasteiger partial charge in [0.2, 0.25) is 11.8 Å². The minimum Gasteiger partial charge on any atom is -0.325 e. The minimum atomic E-state index is -0.142. The van der Waals surface area contributed by atoms with E-state index in [4.69, 9.17) is 0 Å². The Hall–Kier alpha value is -2.66. The number of nitrogens with zero attached hydrogens (tertiary/aromatic N) is 1. The van der Waals surface area contributed by atoms with Crippen molar-refractivity contribution in [3.05, 3.63) is 59.2 Å². The predicted octanol–water partition coefficient (Wildman–Crippen LogP) is 3.37. The molecule has 2 N–H and O–H groups in total. The normalized spacial score (nSPS) is 10.7. The monoisotopic (exact) mass is 353 g/mol. The lowest BCUT2D eigenvalue weighted by atomic mass is 10.1. The maximum absolute atomic E-state index is 12.2. The van der Waals surface area contributed by atoms with Gasteiger partial charge in [0.05, 0.1) is 13.1 Å². The van der Waals surface area contributed by atoms with Crippen molar-refractivity contribution in [2.24, 2.45) is 0 Å². The van der Waals surface area contributed by atoms with Crippen molar-refractivity contribution < 1.29 is 9.59 Å². The van der Waals surface area contributed by atoms with Gasteiger partial charge in [-0.05, 0) is 62.2 Å². The molecule has 0 aliphatic carbocycles. The minimum absolute atomic E-state index is 0.138. The molecule has 0 radical (unpaired) electrons. The average Bonchev–Trinajstić information content (AvgIpc) is 2.59. The number of amides is 2. The molecule has 0 unspecified atom stereocenters. The van der Waals surface area contributed by atoms with E-state index in [1.807, 2.05) is 56.3 Å². The number of benzene rings is 2. The molecule has 2 amide bonds. The Bertz CT molecular complexity index is 769. The van der Waals surface area contributed by atoms with E-state index in [-0.39, 0.29) is 24.9 Å². The zero-order chi connectivity index (χ0) is 19.1. The number of hydrogen-bond donors (Lipinski definition) is 2. The van der Waals surface area contributed by atoms with E-state index in [2.05, 4.69) is 17.6 Å². The van der Waals surface area contributed by atoms with Gasteiger partial charge in [0.25, 0.3) is 0 Å². The van der Waals surface area contributed by atoms with E-state index >= 15 is 0 Å². The molecular formula is C21H27N3O2. The van der Waals surface area contributed by atoms with Crippen LogP contribution in [0.5, 0.6) is 0 Å². The summed E-state index contributed by atoms with van der Waals surface area (Å²) in [6.45, 7) is 6.37. The fourth-order valence-electron chi connectivity index (χ4n) is 2.65. The van der Waals surface area contributed by atoms with Crippen molar-refractivity contribution >= 4 is 23.2 Å². The van der Waals surface area contributed by atoms with Crippen LogP contribution in [0.4, 0.5) is 11.4 Å². The molecule has 26 heavy (non-hydrogen) atoms. The van der Waals surface area contributed by atoms with Gasteiger partial charge in [-0.1, -0.05) is 31.2 Å². The molecule has 0 heterocycles. The molecule has 0 spiro atoms. The van der Waals surface area contributed by atoms with Crippen molar-refractivity contribution in [3.63, 3.8) is 0 Å². The molecule has 0 saturated heterocycles. The first-order valence-electron chi connectivity index (χ1n) is 8.82. The third-order valence-electron chi connectivity index (χ3n) is 4.35. The van der Waals surface area contributed by atoms with Crippen LogP contribution in [-0.2, 0) is 16.0 Å². The standard InChI is InChI=1S/C21H27N3O2/c1-5-17-9-11-18(12-10-17)22-20(25)13-24(4)14-21(26)23-19-8-6-7-15(2)16(19)3/h6-12H,5,13-14H2,1-4H3,(H,22,25)(H,23,26). The van der Waals surface area contributed by atoms with E-state index in [0.717, 1.165) is 28.9 Å². The topological polar surface area (TPSA) is 61.4 Å². The summed E-state index contributed by atoms with van der Waals surface area (Å²) >= 11 is 0. The molecule has 0 atom stereocenters. The second kappa shape index (κ2) is 9.15. The highest BCUT2D eigenvalue weighted by Crippen LogP contribution is 2.17. The Morgan fingerprint density at radius 3 is 2.15 bits per heavy atom. The van der Waals surface area contributed by atoms with Crippen LogP contribution in [0, 0.1) is 13.8 Å². The number of anilines is 2. The van der Waals surface area contributed by atoms with Crippen LogP contribution < -0.4 is 10.6 Å². The molecule has 0 bridgehead atoms. The van der Waals surface area contributed by atoms with E-state index in [1.54, 1.807) is 11.9 Å². The second-order valence-electron chi connectivity index (χ2n) is 6.57. The van der Waals surface area contributed by atoms with Crippen LogP contribution in [0.15, 0.2) is 42.5 Å².